The highest BCUT2D eigenvalue weighted by molar-refractivity contribution is 5.97. The Balaban J connectivity index is 6.15. The van der Waals surface area contributed by atoms with Crippen molar-refractivity contribution in [2.24, 2.45) is 23.5 Å². The van der Waals surface area contributed by atoms with E-state index in [1.54, 1.807) is 41.5 Å². The Hall–Kier alpha value is -4.81. The van der Waals surface area contributed by atoms with Gasteiger partial charge in [0.15, 0.2) is 0 Å². The molecule has 0 aliphatic rings. The third-order valence-corrected chi connectivity index (χ3v) is 7.83. The maximum atomic E-state index is 13.5. The molecule has 0 fully saturated rings. The summed E-state index contributed by atoms with van der Waals surface area (Å²) < 4.78 is 0. The fraction of sp³-hybridized carbons (Fsp3) is 0.719. The van der Waals surface area contributed by atoms with E-state index in [1.807, 2.05) is 0 Å². The van der Waals surface area contributed by atoms with E-state index in [-0.39, 0.29) is 25.2 Å². The molecule has 7 amide bonds. The highest BCUT2D eigenvalue weighted by atomic mass is 16.4. The number of amides is 7. The highest BCUT2D eigenvalue weighted by Crippen LogP contribution is 2.12. The molecule has 0 saturated carbocycles. The van der Waals surface area contributed by atoms with Crippen LogP contribution in [0, 0.1) is 17.8 Å². The molecule has 0 bridgehead atoms. The Morgan fingerprint density at radius 1 is 0.608 bits per heavy atom. The first-order valence-corrected chi connectivity index (χ1v) is 16.8. The van der Waals surface area contributed by atoms with E-state index in [0.717, 1.165) is 6.92 Å². The zero-order valence-corrected chi connectivity index (χ0v) is 30.2. The zero-order valence-electron chi connectivity index (χ0n) is 30.2. The Kier molecular flexibility index (Phi) is 20.7. The van der Waals surface area contributed by atoms with Crippen molar-refractivity contribution < 1.29 is 58.5 Å². The minimum absolute atomic E-state index is 0.0766. The molecule has 11 N–H and O–H groups in total. The van der Waals surface area contributed by atoms with Gasteiger partial charge in [0.25, 0.3) is 0 Å². The van der Waals surface area contributed by atoms with Gasteiger partial charge in [-0.25, -0.2) is 4.79 Å². The average Bonchev–Trinajstić information content (AvgIpc) is 3.02. The van der Waals surface area contributed by atoms with Crippen LogP contribution in [0.25, 0.3) is 0 Å². The number of rotatable bonds is 24. The van der Waals surface area contributed by atoms with E-state index in [9.17, 15) is 53.4 Å². The lowest BCUT2D eigenvalue weighted by atomic mass is 9.96. The van der Waals surface area contributed by atoms with Crippen molar-refractivity contribution in [1.82, 2.24) is 31.9 Å². The third kappa shape index (κ3) is 17.6. The van der Waals surface area contributed by atoms with Gasteiger partial charge < -0.3 is 53.0 Å². The van der Waals surface area contributed by atoms with Gasteiger partial charge in [-0.05, 0) is 37.0 Å². The van der Waals surface area contributed by atoms with Gasteiger partial charge in [-0.15, -0.1) is 0 Å². The first kappa shape index (κ1) is 46.2. The molecule has 19 heteroatoms. The number of aliphatic hydroxyl groups excluding tert-OH is 1. The summed E-state index contributed by atoms with van der Waals surface area (Å²) >= 11 is 0. The third-order valence-electron chi connectivity index (χ3n) is 7.83. The Morgan fingerprint density at radius 3 is 1.51 bits per heavy atom. The lowest BCUT2D eigenvalue weighted by molar-refractivity contribution is -0.143. The second kappa shape index (κ2) is 22.8. The van der Waals surface area contributed by atoms with Crippen LogP contribution in [0.2, 0.25) is 0 Å². The normalized spacial score (nSPS) is 15.2. The maximum Gasteiger partial charge on any atom is 0.326 e. The lowest BCUT2D eigenvalue weighted by Crippen LogP contribution is -2.61. The largest absolute Gasteiger partial charge is 0.481 e. The van der Waals surface area contributed by atoms with Gasteiger partial charge in [0, 0.05) is 19.8 Å². The van der Waals surface area contributed by atoms with Gasteiger partial charge in [0.05, 0.1) is 6.61 Å². The van der Waals surface area contributed by atoms with E-state index >= 15 is 0 Å². The number of carboxylic acids is 2. The summed E-state index contributed by atoms with van der Waals surface area (Å²) in [4.78, 5) is 112. The van der Waals surface area contributed by atoms with Crippen LogP contribution in [-0.4, -0.2) is 111 Å². The monoisotopic (exact) mass is 729 g/mol. The van der Waals surface area contributed by atoms with Crippen molar-refractivity contribution in [3.63, 3.8) is 0 Å². The number of nitrogens with two attached hydrogens (primary N) is 1. The predicted molar refractivity (Wildman–Crippen MR) is 181 cm³/mol. The molecule has 0 aliphatic heterocycles. The molecule has 7 atom stereocenters. The van der Waals surface area contributed by atoms with Crippen LogP contribution in [0.5, 0.6) is 0 Å². The number of primary amides is 1. The number of carbonyl (C=O) groups is 9. The minimum atomic E-state index is -1.66. The molecule has 0 saturated heterocycles. The maximum absolute atomic E-state index is 13.5. The number of carbonyl (C=O) groups excluding carboxylic acids is 7. The molecule has 19 nitrogen and oxygen atoms in total. The molecule has 0 aliphatic carbocycles. The molecular formula is C32H55N7O12. The molecule has 0 unspecified atom stereocenters. The number of hydrogen-bond acceptors (Lipinski definition) is 10. The van der Waals surface area contributed by atoms with Crippen LogP contribution in [-0.2, 0) is 43.2 Å². The van der Waals surface area contributed by atoms with Crippen LogP contribution in [0.3, 0.4) is 0 Å². The summed E-state index contributed by atoms with van der Waals surface area (Å²) in [5.74, 6) is -9.70. The minimum Gasteiger partial charge on any atom is -0.481 e. The zero-order chi connectivity index (χ0) is 39.6. The van der Waals surface area contributed by atoms with Crippen LogP contribution >= 0.6 is 0 Å². The first-order chi connectivity index (χ1) is 23.6. The number of aliphatic carboxylic acids is 2. The van der Waals surface area contributed by atoms with Crippen molar-refractivity contribution in [1.29, 1.82) is 0 Å². The smallest absolute Gasteiger partial charge is 0.326 e. The van der Waals surface area contributed by atoms with Crippen LogP contribution in [0.15, 0.2) is 0 Å². The number of nitrogens with one attached hydrogen (secondary N) is 6. The van der Waals surface area contributed by atoms with Crippen molar-refractivity contribution in [2.75, 3.05) is 6.61 Å². The van der Waals surface area contributed by atoms with Crippen molar-refractivity contribution >= 4 is 53.3 Å². The summed E-state index contributed by atoms with van der Waals surface area (Å²) in [6.07, 6.45) is -1.07. The molecule has 51 heavy (non-hydrogen) atoms. The topological polar surface area (TPSA) is 313 Å². The van der Waals surface area contributed by atoms with Crippen LogP contribution < -0.4 is 37.6 Å². The molecule has 0 spiro atoms. The number of hydrogen-bond donors (Lipinski definition) is 10. The number of aliphatic hydroxyl groups is 1. The predicted octanol–water partition coefficient (Wildman–Crippen LogP) is -2.13. The Bertz CT molecular complexity index is 1260. The van der Waals surface area contributed by atoms with E-state index in [1.165, 1.54) is 0 Å². The van der Waals surface area contributed by atoms with E-state index in [0.29, 0.717) is 6.42 Å². The molecule has 0 aromatic rings. The first-order valence-electron chi connectivity index (χ1n) is 16.8. The van der Waals surface area contributed by atoms with Gasteiger partial charge in [0.2, 0.25) is 41.4 Å². The fourth-order valence-corrected chi connectivity index (χ4v) is 4.76. The summed E-state index contributed by atoms with van der Waals surface area (Å²) in [7, 11) is 0. The van der Waals surface area contributed by atoms with Gasteiger partial charge >= 0.3 is 11.9 Å². The summed E-state index contributed by atoms with van der Waals surface area (Å²) in [6.45, 7) is 10.2. The second-order valence-electron chi connectivity index (χ2n) is 13.1. The van der Waals surface area contributed by atoms with Crippen molar-refractivity contribution in [2.45, 2.75) is 123 Å². The Labute approximate surface area is 297 Å². The van der Waals surface area contributed by atoms with Crippen molar-refractivity contribution in [3.05, 3.63) is 0 Å². The summed E-state index contributed by atoms with van der Waals surface area (Å²) in [6, 6.07) is -8.28. The molecule has 0 radical (unpaired) electrons. The summed E-state index contributed by atoms with van der Waals surface area (Å²) in [5.41, 5.74) is 5.26. The van der Waals surface area contributed by atoms with Crippen molar-refractivity contribution in [3.8, 4) is 0 Å². The second-order valence-corrected chi connectivity index (χ2v) is 13.1. The quantitative estimate of drug-likeness (QED) is 0.0510. The van der Waals surface area contributed by atoms with E-state index in [4.69, 9.17) is 10.8 Å². The van der Waals surface area contributed by atoms with Gasteiger partial charge in [-0.2, -0.15) is 0 Å². The average molecular weight is 730 g/mol. The number of carboxylic acid groups (broad SMARTS) is 2. The molecule has 0 aromatic heterocycles. The fourth-order valence-electron chi connectivity index (χ4n) is 4.76. The highest BCUT2D eigenvalue weighted by Gasteiger charge is 2.35. The standard InChI is InChI=1S/C32H55N7O12/c1-8-17(6)26(39-28(46)19(34-18(7)41)10-12-24(43)44)31(49)35-20(9-11-23(33)42)27(45)37-22(14-40)30(48)36-21(13-15(2)3)29(47)38-25(16(4)5)32(50)51/h15-17,19-22,25-26,40H,8-14H2,1-7H3,(H2,33,42)(H,34,41)(H,35,49)(H,36,48)(H,37,45)(H,38,47)(H,39,46)(H,43,44)(H,50,51)/t17-,19-,20-,21-,22-,25-,26-/m0/s1. The lowest BCUT2D eigenvalue weighted by Gasteiger charge is -2.29. The SMILES string of the molecule is CC[C@H](C)[C@H](NC(=O)[C@H](CCC(=O)O)NC(C)=O)C(=O)N[C@@H](CCC(N)=O)C(=O)N[C@@H](CO)C(=O)N[C@@H](CC(C)C)C(=O)N[C@H](C(=O)O)C(C)C. The van der Waals surface area contributed by atoms with Gasteiger partial charge in [-0.3, -0.25) is 38.4 Å². The van der Waals surface area contributed by atoms with Gasteiger partial charge in [-0.1, -0.05) is 48.0 Å². The van der Waals surface area contributed by atoms with E-state index in [2.05, 4.69) is 31.9 Å². The van der Waals surface area contributed by atoms with Gasteiger partial charge in [0.1, 0.15) is 36.3 Å². The van der Waals surface area contributed by atoms with Crippen LogP contribution in [0.1, 0.15) is 87.0 Å². The van der Waals surface area contributed by atoms with E-state index < -0.39 is 121 Å². The Morgan fingerprint density at radius 2 is 1.06 bits per heavy atom. The molecule has 0 heterocycles. The molecule has 0 rings (SSSR count). The molecule has 0 aromatic carbocycles. The summed E-state index contributed by atoms with van der Waals surface area (Å²) in [5, 5.41) is 42.9. The molecule has 290 valence electrons. The van der Waals surface area contributed by atoms with Crippen LogP contribution in [0.4, 0.5) is 0 Å². The molecular weight excluding hydrogens is 674 g/mol.